The SMILES string of the molecule is CCN1CCc2cc(OCCF)cc3c2[C@H]1Cc1ccc(O)c(O)c1-3. The number of phenols is 2. The van der Waals surface area contributed by atoms with Crippen LogP contribution in [0.15, 0.2) is 24.3 Å². The number of hydrogen-bond donors (Lipinski definition) is 2. The van der Waals surface area contributed by atoms with Gasteiger partial charge in [0.25, 0.3) is 0 Å². The minimum atomic E-state index is -0.540. The van der Waals surface area contributed by atoms with Crippen molar-refractivity contribution in [3.63, 3.8) is 0 Å². The Bertz CT molecular complexity index is 821. The Kier molecular flexibility index (Phi) is 4.04. The van der Waals surface area contributed by atoms with Crippen LogP contribution in [0.25, 0.3) is 11.1 Å². The molecule has 1 heterocycles. The van der Waals surface area contributed by atoms with Crippen LogP contribution in [0.2, 0.25) is 0 Å². The predicted molar refractivity (Wildman–Crippen MR) is 94.1 cm³/mol. The van der Waals surface area contributed by atoms with Gasteiger partial charge in [0.2, 0.25) is 0 Å². The molecule has 0 unspecified atom stereocenters. The highest BCUT2D eigenvalue weighted by Gasteiger charge is 2.35. The van der Waals surface area contributed by atoms with Gasteiger partial charge in [-0.15, -0.1) is 0 Å². The molecule has 2 N–H and O–H groups in total. The first-order valence-electron chi connectivity index (χ1n) is 8.77. The number of benzene rings is 2. The fraction of sp³-hybridized carbons (Fsp3) is 0.400. The summed E-state index contributed by atoms with van der Waals surface area (Å²) >= 11 is 0. The molecule has 5 heteroatoms. The van der Waals surface area contributed by atoms with Crippen molar-refractivity contribution in [2.45, 2.75) is 25.8 Å². The first-order chi connectivity index (χ1) is 12.1. The summed E-state index contributed by atoms with van der Waals surface area (Å²) in [6.07, 6.45) is 1.70. The van der Waals surface area contributed by atoms with E-state index in [1.807, 2.05) is 18.2 Å². The number of hydrogen-bond acceptors (Lipinski definition) is 4. The Hall–Kier alpha value is -2.27. The van der Waals surface area contributed by atoms with Crippen LogP contribution in [0.4, 0.5) is 4.39 Å². The molecule has 0 bridgehead atoms. The standard InChI is InChI=1S/C20H22FNO3/c1-2-22-7-5-13-9-14(25-8-6-21)11-15-18(13)16(22)10-12-3-4-17(23)20(24)19(12)15/h3-4,9,11,16,23-24H,2,5-8,10H2,1H3/t16-/m1/s1. The van der Waals surface area contributed by atoms with Crippen LogP contribution >= 0.6 is 0 Å². The zero-order chi connectivity index (χ0) is 17.6. The Balaban J connectivity index is 1.94. The van der Waals surface area contributed by atoms with Crippen LogP contribution in [0.1, 0.15) is 29.7 Å². The lowest BCUT2D eigenvalue weighted by atomic mass is 9.76. The summed E-state index contributed by atoms with van der Waals surface area (Å²) in [5.41, 5.74) is 4.98. The van der Waals surface area contributed by atoms with E-state index in [0.717, 1.165) is 37.1 Å². The summed E-state index contributed by atoms with van der Waals surface area (Å²) < 4.78 is 18.1. The van der Waals surface area contributed by atoms with Gasteiger partial charge in [-0.25, -0.2) is 4.39 Å². The lowest BCUT2D eigenvalue weighted by Gasteiger charge is -2.41. The molecule has 132 valence electrons. The topological polar surface area (TPSA) is 52.9 Å². The first kappa shape index (κ1) is 16.2. The first-order valence-corrected chi connectivity index (χ1v) is 8.77. The largest absolute Gasteiger partial charge is 0.504 e. The zero-order valence-corrected chi connectivity index (χ0v) is 14.3. The second kappa shape index (κ2) is 6.23. The van der Waals surface area contributed by atoms with Crippen LogP contribution in [-0.4, -0.2) is 41.5 Å². The van der Waals surface area contributed by atoms with Crippen LogP contribution in [0, 0.1) is 0 Å². The molecule has 0 saturated heterocycles. The van der Waals surface area contributed by atoms with E-state index in [2.05, 4.69) is 11.8 Å². The van der Waals surface area contributed by atoms with Crippen molar-refractivity contribution in [3.8, 4) is 28.4 Å². The van der Waals surface area contributed by atoms with Gasteiger partial charge in [0.05, 0.1) is 0 Å². The second-order valence-electron chi connectivity index (χ2n) is 6.65. The Morgan fingerprint density at radius 1 is 1.24 bits per heavy atom. The number of alkyl halides is 1. The van der Waals surface area contributed by atoms with E-state index in [-0.39, 0.29) is 24.1 Å². The van der Waals surface area contributed by atoms with Gasteiger partial charge in [-0.1, -0.05) is 13.0 Å². The van der Waals surface area contributed by atoms with Crippen molar-refractivity contribution < 1.29 is 19.3 Å². The third-order valence-corrected chi connectivity index (χ3v) is 5.36. The molecule has 1 aliphatic carbocycles. The molecule has 0 radical (unpaired) electrons. The number of halogens is 1. The second-order valence-corrected chi connectivity index (χ2v) is 6.65. The molecular formula is C20H22FNO3. The summed E-state index contributed by atoms with van der Waals surface area (Å²) in [4.78, 5) is 2.45. The fourth-order valence-electron chi connectivity index (χ4n) is 4.24. The van der Waals surface area contributed by atoms with Gasteiger partial charge >= 0.3 is 0 Å². The van der Waals surface area contributed by atoms with E-state index in [9.17, 15) is 14.6 Å². The average Bonchev–Trinajstić information content (AvgIpc) is 2.63. The molecule has 4 rings (SSSR count). The molecule has 1 aliphatic heterocycles. The Morgan fingerprint density at radius 3 is 2.84 bits per heavy atom. The number of nitrogens with zero attached hydrogens (tertiary/aromatic N) is 1. The van der Waals surface area contributed by atoms with Gasteiger partial charge in [0.15, 0.2) is 11.5 Å². The molecule has 2 aromatic rings. The molecule has 0 spiro atoms. The highest BCUT2D eigenvalue weighted by atomic mass is 19.1. The zero-order valence-electron chi connectivity index (χ0n) is 14.3. The monoisotopic (exact) mass is 343 g/mol. The lowest BCUT2D eigenvalue weighted by molar-refractivity contribution is 0.192. The van der Waals surface area contributed by atoms with Crippen molar-refractivity contribution in [1.82, 2.24) is 4.90 Å². The van der Waals surface area contributed by atoms with Gasteiger partial charge in [0, 0.05) is 18.2 Å². The van der Waals surface area contributed by atoms with E-state index in [1.165, 1.54) is 11.1 Å². The third-order valence-electron chi connectivity index (χ3n) is 5.36. The number of ether oxygens (including phenoxy) is 1. The normalized spacial score (nSPS) is 18.6. The Morgan fingerprint density at radius 2 is 2.08 bits per heavy atom. The highest BCUT2D eigenvalue weighted by molar-refractivity contribution is 5.83. The summed E-state index contributed by atoms with van der Waals surface area (Å²) in [5.74, 6) is 0.407. The molecular weight excluding hydrogens is 321 g/mol. The number of phenolic OH excluding ortho intramolecular Hbond substituents is 2. The molecule has 0 saturated carbocycles. The molecule has 2 aromatic carbocycles. The maximum Gasteiger partial charge on any atom is 0.165 e. The molecule has 0 fully saturated rings. The van der Waals surface area contributed by atoms with E-state index in [0.29, 0.717) is 11.3 Å². The Labute approximate surface area is 146 Å². The lowest BCUT2D eigenvalue weighted by Crippen LogP contribution is -2.38. The highest BCUT2D eigenvalue weighted by Crippen LogP contribution is 2.51. The van der Waals surface area contributed by atoms with Gasteiger partial charge in [-0.05, 0) is 59.8 Å². The maximum absolute atomic E-state index is 12.5. The number of rotatable bonds is 4. The van der Waals surface area contributed by atoms with Crippen LogP contribution < -0.4 is 4.74 Å². The van der Waals surface area contributed by atoms with E-state index >= 15 is 0 Å². The van der Waals surface area contributed by atoms with Gasteiger partial charge in [0.1, 0.15) is 19.0 Å². The van der Waals surface area contributed by atoms with Crippen LogP contribution in [-0.2, 0) is 12.8 Å². The average molecular weight is 343 g/mol. The number of likely N-dealkylation sites (N-methyl/N-ethyl adjacent to an activating group) is 1. The van der Waals surface area contributed by atoms with Crippen molar-refractivity contribution in [3.05, 3.63) is 41.0 Å². The molecule has 0 amide bonds. The van der Waals surface area contributed by atoms with Crippen LogP contribution in [0.5, 0.6) is 17.2 Å². The van der Waals surface area contributed by atoms with Crippen molar-refractivity contribution >= 4 is 0 Å². The van der Waals surface area contributed by atoms with Gasteiger partial charge < -0.3 is 14.9 Å². The van der Waals surface area contributed by atoms with E-state index < -0.39 is 6.67 Å². The van der Waals surface area contributed by atoms with Crippen LogP contribution in [0.3, 0.4) is 0 Å². The summed E-state index contributed by atoms with van der Waals surface area (Å²) in [7, 11) is 0. The minimum absolute atomic E-state index is 0.0155. The maximum atomic E-state index is 12.5. The molecule has 25 heavy (non-hydrogen) atoms. The summed E-state index contributed by atoms with van der Waals surface area (Å²) in [5, 5.41) is 20.5. The van der Waals surface area contributed by atoms with Crippen molar-refractivity contribution in [2.75, 3.05) is 26.4 Å². The molecule has 4 nitrogen and oxygen atoms in total. The minimum Gasteiger partial charge on any atom is -0.504 e. The quantitative estimate of drug-likeness (QED) is 0.833. The molecule has 0 aromatic heterocycles. The van der Waals surface area contributed by atoms with Crippen molar-refractivity contribution in [2.24, 2.45) is 0 Å². The van der Waals surface area contributed by atoms with E-state index in [1.54, 1.807) is 6.07 Å². The predicted octanol–water partition coefficient (Wildman–Crippen LogP) is 3.59. The summed E-state index contributed by atoms with van der Waals surface area (Å²) in [6, 6.07) is 7.56. The fourth-order valence-corrected chi connectivity index (χ4v) is 4.24. The van der Waals surface area contributed by atoms with Crippen molar-refractivity contribution in [1.29, 1.82) is 0 Å². The molecule has 1 atom stereocenters. The summed E-state index contributed by atoms with van der Waals surface area (Å²) in [6.45, 7) is 3.57. The van der Waals surface area contributed by atoms with Gasteiger partial charge in [-0.2, -0.15) is 0 Å². The molecule has 2 aliphatic rings. The third kappa shape index (κ3) is 2.54. The number of fused-ring (bicyclic) bond motifs is 2. The van der Waals surface area contributed by atoms with Gasteiger partial charge in [-0.3, -0.25) is 4.90 Å². The smallest absolute Gasteiger partial charge is 0.165 e. The van der Waals surface area contributed by atoms with E-state index in [4.69, 9.17) is 4.74 Å². The number of aromatic hydroxyl groups is 2.